The number of nitrogens with one attached hydrogen (secondary N) is 1. The van der Waals surface area contributed by atoms with Crippen LogP contribution in [0.15, 0.2) is 34.9 Å². The number of hydrogen-bond acceptors (Lipinski definition) is 1. The fourth-order valence-electron chi connectivity index (χ4n) is 2.36. The first kappa shape index (κ1) is 12.4. The van der Waals surface area contributed by atoms with Gasteiger partial charge in [0.25, 0.3) is 5.91 Å². The zero-order chi connectivity index (χ0) is 13.4. The van der Waals surface area contributed by atoms with Gasteiger partial charge in [0.15, 0.2) is 0 Å². The molecular weight excluding hydrogens is 311 g/mol. The van der Waals surface area contributed by atoms with Crippen LogP contribution in [0.2, 0.25) is 0 Å². The van der Waals surface area contributed by atoms with Gasteiger partial charge >= 0.3 is 0 Å². The average Bonchev–Trinajstić information content (AvgIpc) is 2.78. The van der Waals surface area contributed by atoms with Gasteiger partial charge in [-0.15, -0.1) is 0 Å². The molecule has 0 bridgehead atoms. The van der Waals surface area contributed by atoms with E-state index in [0.29, 0.717) is 13.1 Å². The van der Waals surface area contributed by atoms with Crippen molar-refractivity contribution in [3.8, 4) is 0 Å². The molecule has 1 N–H and O–H groups in total. The fourth-order valence-corrected chi connectivity index (χ4v) is 2.84. The topological polar surface area (TPSA) is 34.0 Å². The van der Waals surface area contributed by atoms with Crippen LogP contribution in [0.3, 0.4) is 0 Å². The summed E-state index contributed by atoms with van der Waals surface area (Å²) in [6.45, 7) is 1.30. The van der Waals surface area contributed by atoms with Gasteiger partial charge in [-0.25, -0.2) is 4.39 Å². The van der Waals surface area contributed by atoms with E-state index < -0.39 is 0 Å². The monoisotopic (exact) mass is 322 g/mol. The van der Waals surface area contributed by atoms with E-state index in [4.69, 9.17) is 0 Å². The molecule has 2 heterocycles. The van der Waals surface area contributed by atoms with Crippen molar-refractivity contribution in [2.75, 3.05) is 6.54 Å². The number of carbonyl (C=O) groups excluding carboxylic acids is 1. The lowest BCUT2D eigenvalue weighted by atomic mass is 10.1. The second-order valence-corrected chi connectivity index (χ2v) is 5.40. The lowest BCUT2D eigenvalue weighted by molar-refractivity contribution is 0.0945. The Morgan fingerprint density at radius 2 is 2.21 bits per heavy atom. The number of fused-ring (bicyclic) bond motifs is 1. The van der Waals surface area contributed by atoms with Crippen molar-refractivity contribution in [1.82, 2.24) is 9.88 Å². The zero-order valence-electron chi connectivity index (χ0n) is 10.1. The first-order valence-electron chi connectivity index (χ1n) is 6.05. The maximum Gasteiger partial charge on any atom is 0.253 e. The molecule has 19 heavy (non-hydrogen) atoms. The van der Waals surface area contributed by atoms with E-state index in [1.165, 1.54) is 12.1 Å². The Morgan fingerprint density at radius 3 is 3.00 bits per heavy atom. The van der Waals surface area contributed by atoms with Gasteiger partial charge in [-0.05, 0) is 23.8 Å². The maximum atomic E-state index is 13.1. The second-order valence-electron chi connectivity index (χ2n) is 4.55. The molecule has 2 aromatic rings. The molecule has 0 fully saturated rings. The minimum atomic E-state index is -0.260. The van der Waals surface area contributed by atoms with Gasteiger partial charge < -0.3 is 9.88 Å². The van der Waals surface area contributed by atoms with Gasteiger partial charge in [-0.3, -0.25) is 4.79 Å². The molecule has 1 amide bonds. The molecule has 5 heteroatoms. The van der Waals surface area contributed by atoms with Crippen molar-refractivity contribution in [3.05, 3.63) is 57.6 Å². The van der Waals surface area contributed by atoms with Crippen LogP contribution in [0.5, 0.6) is 0 Å². The highest BCUT2D eigenvalue weighted by atomic mass is 79.9. The molecule has 0 saturated heterocycles. The van der Waals surface area contributed by atoms with E-state index in [1.807, 2.05) is 16.8 Å². The maximum absolute atomic E-state index is 13.1. The Morgan fingerprint density at radius 1 is 1.37 bits per heavy atom. The Kier molecular flexibility index (Phi) is 3.14. The molecule has 1 aromatic heterocycles. The van der Waals surface area contributed by atoms with E-state index in [0.717, 1.165) is 27.7 Å². The van der Waals surface area contributed by atoms with E-state index in [-0.39, 0.29) is 11.7 Å². The largest absolute Gasteiger partial charge is 0.352 e. The van der Waals surface area contributed by atoms with Crippen LogP contribution in [-0.4, -0.2) is 17.0 Å². The molecule has 0 spiro atoms. The Labute approximate surface area is 118 Å². The number of hydrogen-bond donors (Lipinski definition) is 1. The van der Waals surface area contributed by atoms with Gasteiger partial charge in [-0.1, -0.05) is 22.0 Å². The summed E-state index contributed by atoms with van der Waals surface area (Å²) in [6.07, 6.45) is 2.73. The summed E-state index contributed by atoms with van der Waals surface area (Å²) in [5, 5.41) is 2.82. The molecule has 0 unspecified atom stereocenters. The van der Waals surface area contributed by atoms with Gasteiger partial charge in [0.2, 0.25) is 0 Å². The third-order valence-corrected chi connectivity index (χ3v) is 4.06. The Bertz CT molecular complexity index is 651. The van der Waals surface area contributed by atoms with Crippen molar-refractivity contribution in [1.29, 1.82) is 0 Å². The van der Waals surface area contributed by atoms with Gasteiger partial charge in [-0.2, -0.15) is 0 Å². The van der Waals surface area contributed by atoms with Crippen LogP contribution in [0.25, 0.3) is 0 Å². The Hall–Kier alpha value is -1.62. The summed E-state index contributed by atoms with van der Waals surface area (Å²) in [5.41, 5.74) is 2.77. The van der Waals surface area contributed by atoms with Crippen molar-refractivity contribution >= 4 is 21.8 Å². The minimum absolute atomic E-state index is 0.0156. The molecule has 1 aromatic carbocycles. The highest BCUT2D eigenvalue weighted by Gasteiger charge is 2.20. The quantitative estimate of drug-likeness (QED) is 0.906. The van der Waals surface area contributed by atoms with Crippen molar-refractivity contribution in [2.45, 2.75) is 13.0 Å². The van der Waals surface area contributed by atoms with Crippen molar-refractivity contribution in [3.63, 3.8) is 0 Å². The number of aromatic nitrogens is 1. The SMILES string of the molecule is O=C1NCCc2c1ccn2Cc1ccc(F)cc1Br. The van der Waals surface area contributed by atoms with Crippen LogP contribution in [-0.2, 0) is 13.0 Å². The van der Waals surface area contributed by atoms with Crippen LogP contribution in [0, 0.1) is 5.82 Å². The van der Waals surface area contributed by atoms with Crippen molar-refractivity contribution < 1.29 is 9.18 Å². The number of nitrogens with zero attached hydrogens (tertiary/aromatic N) is 1. The number of amides is 1. The molecule has 0 radical (unpaired) electrons. The van der Waals surface area contributed by atoms with Gasteiger partial charge in [0.1, 0.15) is 5.82 Å². The van der Waals surface area contributed by atoms with Crippen LogP contribution in [0.4, 0.5) is 4.39 Å². The minimum Gasteiger partial charge on any atom is -0.352 e. The summed E-state index contributed by atoms with van der Waals surface area (Å²) in [4.78, 5) is 11.7. The molecule has 1 aliphatic heterocycles. The summed E-state index contributed by atoms with van der Waals surface area (Å²) in [5.74, 6) is -0.275. The van der Waals surface area contributed by atoms with E-state index in [9.17, 15) is 9.18 Å². The second kappa shape index (κ2) is 4.81. The first-order chi connectivity index (χ1) is 9.15. The van der Waals surface area contributed by atoms with Crippen LogP contribution < -0.4 is 5.32 Å². The predicted molar refractivity (Wildman–Crippen MR) is 73.7 cm³/mol. The molecule has 0 aliphatic carbocycles. The number of halogens is 2. The standard InChI is InChI=1S/C14H12BrFN2O/c15-12-7-10(16)2-1-9(12)8-18-6-4-11-13(18)3-5-17-14(11)19/h1-2,4,6-7H,3,5,8H2,(H,17,19). The molecule has 0 atom stereocenters. The molecule has 3 nitrogen and oxygen atoms in total. The summed E-state index contributed by atoms with van der Waals surface area (Å²) < 4.78 is 15.9. The van der Waals surface area contributed by atoms with Gasteiger partial charge in [0.05, 0.1) is 5.56 Å². The van der Waals surface area contributed by atoms with Gasteiger partial charge in [0, 0.05) is 35.9 Å². The smallest absolute Gasteiger partial charge is 0.253 e. The van der Waals surface area contributed by atoms with Crippen LogP contribution in [0.1, 0.15) is 21.6 Å². The molecule has 0 saturated carbocycles. The molecule has 98 valence electrons. The number of carbonyl (C=O) groups is 1. The number of rotatable bonds is 2. The normalized spacial score (nSPS) is 14.1. The van der Waals surface area contributed by atoms with E-state index in [2.05, 4.69) is 21.2 Å². The molecule has 3 rings (SSSR count). The summed E-state index contributed by atoms with van der Waals surface area (Å²) in [7, 11) is 0. The van der Waals surface area contributed by atoms with E-state index in [1.54, 1.807) is 6.07 Å². The predicted octanol–water partition coefficient (Wildman–Crippen LogP) is 2.72. The zero-order valence-corrected chi connectivity index (χ0v) is 11.7. The third-order valence-electron chi connectivity index (χ3n) is 3.33. The lowest BCUT2D eigenvalue weighted by Gasteiger charge is -2.16. The average molecular weight is 323 g/mol. The summed E-state index contributed by atoms with van der Waals surface area (Å²) in [6, 6.07) is 6.50. The highest BCUT2D eigenvalue weighted by Crippen LogP contribution is 2.22. The highest BCUT2D eigenvalue weighted by molar-refractivity contribution is 9.10. The van der Waals surface area contributed by atoms with Crippen LogP contribution >= 0.6 is 15.9 Å². The summed E-state index contributed by atoms with van der Waals surface area (Å²) >= 11 is 3.37. The van der Waals surface area contributed by atoms with Crippen molar-refractivity contribution in [2.24, 2.45) is 0 Å². The lowest BCUT2D eigenvalue weighted by Crippen LogP contribution is -2.32. The van der Waals surface area contributed by atoms with E-state index >= 15 is 0 Å². The first-order valence-corrected chi connectivity index (χ1v) is 6.84. The molecule has 1 aliphatic rings. The molecular formula is C14H12BrFN2O. The Balaban J connectivity index is 1.94. The third kappa shape index (κ3) is 2.30. The fraction of sp³-hybridized carbons (Fsp3) is 0.214. The number of benzene rings is 1.